The maximum absolute atomic E-state index is 10.9. The summed E-state index contributed by atoms with van der Waals surface area (Å²) in [4.78, 5) is 10.9. The minimum absolute atomic E-state index is 0.121. The lowest BCUT2D eigenvalue weighted by Gasteiger charge is -2.04. The molecular formula is C7H14N2O. The first-order valence-corrected chi connectivity index (χ1v) is 3.43. The Bertz CT molecular complexity index is 132. The summed E-state index contributed by atoms with van der Waals surface area (Å²) < 4.78 is 0. The zero-order chi connectivity index (χ0) is 7.98. The highest BCUT2D eigenvalue weighted by Gasteiger charge is 2.00. The predicted molar refractivity (Wildman–Crippen MR) is 41.3 cm³/mol. The number of amides is 1. The SMILES string of the molecule is C=C(CC)C(=O)NNCC. The highest BCUT2D eigenvalue weighted by molar-refractivity contribution is 5.92. The third-order valence-electron chi connectivity index (χ3n) is 1.13. The van der Waals surface area contributed by atoms with Gasteiger partial charge in [0.2, 0.25) is 0 Å². The summed E-state index contributed by atoms with van der Waals surface area (Å²) in [6, 6.07) is 0. The van der Waals surface area contributed by atoms with Crippen LogP contribution >= 0.6 is 0 Å². The Kier molecular flexibility index (Phi) is 4.58. The van der Waals surface area contributed by atoms with Crippen molar-refractivity contribution in [3.05, 3.63) is 12.2 Å². The molecule has 0 aromatic rings. The van der Waals surface area contributed by atoms with E-state index >= 15 is 0 Å². The van der Waals surface area contributed by atoms with Crippen LogP contribution in [-0.4, -0.2) is 12.5 Å². The van der Waals surface area contributed by atoms with Gasteiger partial charge in [-0.2, -0.15) is 0 Å². The van der Waals surface area contributed by atoms with E-state index in [4.69, 9.17) is 0 Å². The second-order valence-electron chi connectivity index (χ2n) is 1.94. The molecule has 3 nitrogen and oxygen atoms in total. The van der Waals surface area contributed by atoms with E-state index in [1.165, 1.54) is 0 Å². The minimum Gasteiger partial charge on any atom is -0.288 e. The number of hydrazine groups is 1. The van der Waals surface area contributed by atoms with Crippen molar-refractivity contribution in [3.63, 3.8) is 0 Å². The molecule has 0 atom stereocenters. The summed E-state index contributed by atoms with van der Waals surface area (Å²) in [6.07, 6.45) is 0.692. The molecule has 0 spiro atoms. The van der Waals surface area contributed by atoms with Crippen molar-refractivity contribution in [3.8, 4) is 0 Å². The number of carbonyl (C=O) groups is 1. The molecule has 0 aromatic carbocycles. The van der Waals surface area contributed by atoms with Crippen LogP contribution in [-0.2, 0) is 4.79 Å². The summed E-state index contributed by atoms with van der Waals surface area (Å²) in [7, 11) is 0. The average Bonchev–Trinajstić information content (AvgIpc) is 1.98. The van der Waals surface area contributed by atoms with Crippen molar-refractivity contribution in [2.45, 2.75) is 20.3 Å². The van der Waals surface area contributed by atoms with Crippen LogP contribution in [0.2, 0.25) is 0 Å². The Morgan fingerprint density at radius 3 is 2.50 bits per heavy atom. The van der Waals surface area contributed by atoms with Crippen LogP contribution in [0.3, 0.4) is 0 Å². The van der Waals surface area contributed by atoms with Crippen molar-refractivity contribution in [1.29, 1.82) is 0 Å². The molecule has 0 rings (SSSR count). The maximum Gasteiger partial charge on any atom is 0.260 e. The molecule has 0 bridgehead atoms. The highest BCUT2D eigenvalue weighted by atomic mass is 16.2. The fourth-order valence-electron chi connectivity index (χ4n) is 0.418. The van der Waals surface area contributed by atoms with E-state index in [9.17, 15) is 4.79 Å². The summed E-state index contributed by atoms with van der Waals surface area (Å²) in [5.41, 5.74) is 5.80. The molecule has 0 heterocycles. The summed E-state index contributed by atoms with van der Waals surface area (Å²) in [5, 5.41) is 0. The molecule has 0 aromatic heterocycles. The van der Waals surface area contributed by atoms with Crippen molar-refractivity contribution in [2.24, 2.45) is 0 Å². The van der Waals surface area contributed by atoms with Crippen LogP contribution in [0.15, 0.2) is 12.2 Å². The zero-order valence-electron chi connectivity index (χ0n) is 6.53. The molecule has 0 unspecified atom stereocenters. The molecule has 0 aliphatic heterocycles. The first kappa shape index (κ1) is 9.17. The summed E-state index contributed by atoms with van der Waals surface area (Å²) in [6.45, 7) is 8.11. The monoisotopic (exact) mass is 142 g/mol. The second-order valence-corrected chi connectivity index (χ2v) is 1.94. The first-order chi connectivity index (χ1) is 4.72. The van der Waals surface area contributed by atoms with Gasteiger partial charge in [-0.1, -0.05) is 20.4 Å². The standard InChI is InChI=1S/C7H14N2O/c1-4-6(3)7(10)9-8-5-2/h8H,3-5H2,1-2H3,(H,9,10). The Labute approximate surface area is 61.5 Å². The largest absolute Gasteiger partial charge is 0.288 e. The maximum atomic E-state index is 10.9. The lowest BCUT2D eigenvalue weighted by Crippen LogP contribution is -2.37. The lowest BCUT2D eigenvalue weighted by atomic mass is 10.2. The number of rotatable bonds is 4. The van der Waals surface area contributed by atoms with Gasteiger partial charge < -0.3 is 0 Å². The van der Waals surface area contributed by atoms with E-state index in [0.29, 0.717) is 12.0 Å². The zero-order valence-corrected chi connectivity index (χ0v) is 6.53. The minimum atomic E-state index is -0.121. The van der Waals surface area contributed by atoms with Crippen LogP contribution in [0.25, 0.3) is 0 Å². The van der Waals surface area contributed by atoms with Crippen molar-refractivity contribution in [2.75, 3.05) is 6.54 Å². The molecule has 0 aliphatic carbocycles. The fraction of sp³-hybridized carbons (Fsp3) is 0.571. The molecule has 0 saturated heterocycles. The summed E-state index contributed by atoms with van der Waals surface area (Å²) in [5.74, 6) is -0.121. The highest BCUT2D eigenvalue weighted by Crippen LogP contribution is 1.93. The topological polar surface area (TPSA) is 41.1 Å². The van der Waals surface area contributed by atoms with Gasteiger partial charge in [-0.25, -0.2) is 5.43 Å². The first-order valence-electron chi connectivity index (χ1n) is 3.43. The van der Waals surface area contributed by atoms with Gasteiger partial charge in [0.05, 0.1) is 0 Å². The van der Waals surface area contributed by atoms with Gasteiger partial charge in [-0.05, 0) is 6.42 Å². The third-order valence-corrected chi connectivity index (χ3v) is 1.13. The van der Waals surface area contributed by atoms with Crippen molar-refractivity contribution < 1.29 is 4.79 Å². The van der Waals surface area contributed by atoms with E-state index in [2.05, 4.69) is 17.4 Å². The van der Waals surface area contributed by atoms with Crippen LogP contribution in [0, 0.1) is 0 Å². The smallest absolute Gasteiger partial charge is 0.260 e. The Morgan fingerprint density at radius 2 is 2.10 bits per heavy atom. The second kappa shape index (κ2) is 4.99. The van der Waals surface area contributed by atoms with E-state index < -0.39 is 0 Å². The van der Waals surface area contributed by atoms with E-state index in [0.717, 1.165) is 6.54 Å². The molecule has 0 aliphatic rings. The molecule has 2 N–H and O–H groups in total. The van der Waals surface area contributed by atoms with Crippen molar-refractivity contribution in [1.82, 2.24) is 10.9 Å². The molecule has 0 saturated carbocycles. The van der Waals surface area contributed by atoms with E-state index in [1.54, 1.807) is 0 Å². The fourth-order valence-corrected chi connectivity index (χ4v) is 0.418. The van der Waals surface area contributed by atoms with Crippen LogP contribution in [0.1, 0.15) is 20.3 Å². The summed E-state index contributed by atoms with van der Waals surface area (Å²) >= 11 is 0. The quantitative estimate of drug-likeness (QED) is 0.445. The molecule has 58 valence electrons. The third kappa shape index (κ3) is 3.25. The molecule has 0 fully saturated rings. The molecule has 3 heteroatoms. The number of carbonyl (C=O) groups excluding carboxylic acids is 1. The van der Waals surface area contributed by atoms with Gasteiger partial charge >= 0.3 is 0 Å². The van der Waals surface area contributed by atoms with Gasteiger partial charge in [-0.3, -0.25) is 10.2 Å². The number of hydrogen-bond acceptors (Lipinski definition) is 2. The number of hydrogen-bond donors (Lipinski definition) is 2. The van der Waals surface area contributed by atoms with E-state index in [-0.39, 0.29) is 5.91 Å². The van der Waals surface area contributed by atoms with Gasteiger partial charge in [-0.15, -0.1) is 0 Å². The lowest BCUT2D eigenvalue weighted by molar-refractivity contribution is -0.118. The van der Waals surface area contributed by atoms with E-state index in [1.807, 2.05) is 13.8 Å². The Balaban J connectivity index is 3.52. The molecule has 1 amide bonds. The number of nitrogens with one attached hydrogen (secondary N) is 2. The predicted octanol–water partition coefficient (Wildman–Crippen LogP) is 0.593. The van der Waals surface area contributed by atoms with Crippen LogP contribution in [0.5, 0.6) is 0 Å². The van der Waals surface area contributed by atoms with Crippen LogP contribution < -0.4 is 10.9 Å². The average molecular weight is 142 g/mol. The van der Waals surface area contributed by atoms with Gasteiger partial charge in [0.1, 0.15) is 0 Å². The molecular weight excluding hydrogens is 128 g/mol. The molecule has 10 heavy (non-hydrogen) atoms. The Morgan fingerprint density at radius 1 is 1.50 bits per heavy atom. The molecule has 0 radical (unpaired) electrons. The Hall–Kier alpha value is -0.830. The van der Waals surface area contributed by atoms with Crippen LogP contribution in [0.4, 0.5) is 0 Å². The normalized spacial score (nSPS) is 9.00. The van der Waals surface area contributed by atoms with Gasteiger partial charge in [0.15, 0.2) is 0 Å². The van der Waals surface area contributed by atoms with Gasteiger partial charge in [0.25, 0.3) is 5.91 Å². The van der Waals surface area contributed by atoms with Crippen molar-refractivity contribution >= 4 is 5.91 Å². The van der Waals surface area contributed by atoms with Gasteiger partial charge in [0, 0.05) is 12.1 Å².